The van der Waals surface area contributed by atoms with Crippen molar-refractivity contribution in [2.75, 3.05) is 13.7 Å². The van der Waals surface area contributed by atoms with Gasteiger partial charge in [-0.1, -0.05) is 55.0 Å². The molecule has 0 saturated heterocycles. The molecule has 0 radical (unpaired) electrons. The van der Waals surface area contributed by atoms with Crippen LogP contribution in [0.25, 0.3) is 11.1 Å². The van der Waals surface area contributed by atoms with Crippen LogP contribution < -0.4 is 14.6 Å². The average Bonchev–Trinajstić information content (AvgIpc) is 2.89. The number of nitrogens with two attached hydrogens (primary N) is 1. The number of esters is 1. The van der Waals surface area contributed by atoms with E-state index in [0.29, 0.717) is 23.7 Å². The summed E-state index contributed by atoms with van der Waals surface area (Å²) in [4.78, 5) is 12.1. The molecule has 0 aliphatic carbocycles. The molecule has 208 valence electrons. The fourth-order valence-corrected chi connectivity index (χ4v) is 5.69. The Labute approximate surface area is 231 Å². The third-order valence-electron chi connectivity index (χ3n) is 7.12. The van der Waals surface area contributed by atoms with Crippen molar-refractivity contribution in [1.29, 1.82) is 0 Å². The molecule has 8 heteroatoms. The molecule has 0 aromatic heterocycles. The van der Waals surface area contributed by atoms with E-state index in [4.69, 9.17) is 19.3 Å². The standard InChI is InChI=1S/C31H37NO6S/c1-5-37-30(33)31(2,3)18-7-6-9-21-12-15-23(16-13-21)29-25-19-22(20-39(32,34)35)14-17-24(25)28-26(36-4)10-8-11-27(28)38-29/h8,10-17,19,29H,5-7,9,18,20H2,1-4H3,(H2,32,34,35). The normalized spacial score (nSPS) is 14.6. The highest BCUT2D eigenvalue weighted by molar-refractivity contribution is 7.88. The third kappa shape index (κ3) is 6.81. The quantitative estimate of drug-likeness (QED) is 0.234. The minimum atomic E-state index is -3.68. The van der Waals surface area contributed by atoms with Crippen LogP contribution in [0.15, 0.2) is 60.7 Å². The second kappa shape index (κ2) is 11.8. The Balaban J connectivity index is 1.54. The van der Waals surface area contributed by atoms with Crippen molar-refractivity contribution >= 4 is 16.0 Å². The van der Waals surface area contributed by atoms with Gasteiger partial charge in [0.1, 0.15) is 17.6 Å². The predicted octanol–water partition coefficient (Wildman–Crippen LogP) is 5.93. The number of sulfonamides is 1. The number of aryl methyl sites for hydroxylation is 1. The number of unbranched alkanes of at least 4 members (excludes halogenated alkanes) is 1. The Kier molecular flexibility index (Phi) is 8.67. The van der Waals surface area contributed by atoms with Gasteiger partial charge in [0.15, 0.2) is 0 Å². The molecule has 1 unspecified atom stereocenters. The first-order valence-corrected chi connectivity index (χ1v) is 15.0. The summed E-state index contributed by atoms with van der Waals surface area (Å²) < 4.78 is 40.9. The van der Waals surface area contributed by atoms with Crippen molar-refractivity contribution in [3.63, 3.8) is 0 Å². The predicted molar refractivity (Wildman–Crippen MR) is 152 cm³/mol. The smallest absolute Gasteiger partial charge is 0.311 e. The molecule has 0 amide bonds. The van der Waals surface area contributed by atoms with Gasteiger partial charge in [0.05, 0.1) is 30.4 Å². The molecule has 0 fully saturated rings. The minimum Gasteiger partial charge on any atom is -0.496 e. The van der Waals surface area contributed by atoms with Gasteiger partial charge in [-0.05, 0) is 74.4 Å². The van der Waals surface area contributed by atoms with Crippen molar-refractivity contribution in [2.45, 2.75) is 58.3 Å². The molecule has 2 N–H and O–H groups in total. The van der Waals surface area contributed by atoms with Crippen LogP contribution in [-0.4, -0.2) is 28.1 Å². The molecule has 1 aliphatic rings. The van der Waals surface area contributed by atoms with E-state index in [1.54, 1.807) is 13.2 Å². The summed E-state index contributed by atoms with van der Waals surface area (Å²) in [5.41, 5.74) is 4.93. The van der Waals surface area contributed by atoms with E-state index >= 15 is 0 Å². The molecular formula is C31H37NO6S. The summed E-state index contributed by atoms with van der Waals surface area (Å²) in [6.07, 6.45) is 3.16. The number of carbonyl (C=O) groups excluding carboxylic acids is 1. The van der Waals surface area contributed by atoms with Crippen LogP contribution >= 0.6 is 0 Å². The lowest BCUT2D eigenvalue weighted by Gasteiger charge is -2.30. The molecule has 3 aromatic rings. The van der Waals surface area contributed by atoms with E-state index < -0.39 is 21.5 Å². The van der Waals surface area contributed by atoms with Gasteiger partial charge in [-0.15, -0.1) is 0 Å². The summed E-state index contributed by atoms with van der Waals surface area (Å²) in [5.74, 6) is 0.998. The third-order valence-corrected chi connectivity index (χ3v) is 7.85. The molecular weight excluding hydrogens is 514 g/mol. The van der Waals surface area contributed by atoms with Gasteiger partial charge >= 0.3 is 5.97 Å². The van der Waals surface area contributed by atoms with Gasteiger partial charge in [-0.25, -0.2) is 13.6 Å². The van der Waals surface area contributed by atoms with Gasteiger partial charge in [0.2, 0.25) is 10.0 Å². The van der Waals surface area contributed by atoms with Crippen LogP contribution in [0.2, 0.25) is 0 Å². The summed E-state index contributed by atoms with van der Waals surface area (Å²) >= 11 is 0. The maximum Gasteiger partial charge on any atom is 0.311 e. The maximum atomic E-state index is 12.1. The number of rotatable bonds is 11. The van der Waals surface area contributed by atoms with Gasteiger partial charge in [-0.2, -0.15) is 0 Å². The molecule has 7 nitrogen and oxygen atoms in total. The summed E-state index contributed by atoms with van der Waals surface area (Å²) in [7, 11) is -2.07. The molecule has 0 spiro atoms. The number of ether oxygens (including phenoxy) is 3. The zero-order valence-electron chi connectivity index (χ0n) is 23.0. The summed E-state index contributed by atoms with van der Waals surface area (Å²) in [5, 5.41) is 5.33. The lowest BCUT2D eigenvalue weighted by Crippen LogP contribution is -2.26. The van der Waals surface area contributed by atoms with E-state index in [1.165, 1.54) is 5.56 Å². The Morgan fingerprint density at radius 3 is 2.41 bits per heavy atom. The van der Waals surface area contributed by atoms with Crippen molar-refractivity contribution in [1.82, 2.24) is 0 Å². The summed E-state index contributed by atoms with van der Waals surface area (Å²) in [6.45, 7) is 6.10. The van der Waals surface area contributed by atoms with Crippen LogP contribution in [0, 0.1) is 5.41 Å². The highest BCUT2D eigenvalue weighted by Gasteiger charge is 2.31. The minimum absolute atomic E-state index is 0.145. The van der Waals surface area contributed by atoms with E-state index in [-0.39, 0.29) is 11.7 Å². The highest BCUT2D eigenvalue weighted by Crippen LogP contribution is 2.49. The number of hydrogen-bond acceptors (Lipinski definition) is 6. The first-order valence-electron chi connectivity index (χ1n) is 13.3. The zero-order chi connectivity index (χ0) is 28.2. The van der Waals surface area contributed by atoms with Crippen LogP contribution in [-0.2, 0) is 31.7 Å². The average molecular weight is 552 g/mol. The Bertz CT molecular complexity index is 1430. The Hall–Kier alpha value is -3.36. The van der Waals surface area contributed by atoms with Crippen LogP contribution in [0.1, 0.15) is 68.4 Å². The number of hydrogen-bond donors (Lipinski definition) is 1. The van der Waals surface area contributed by atoms with Gasteiger partial charge in [-0.3, -0.25) is 4.79 Å². The number of methoxy groups -OCH3 is 1. The lowest BCUT2D eigenvalue weighted by molar-refractivity contribution is -0.153. The van der Waals surface area contributed by atoms with Crippen molar-refractivity contribution in [2.24, 2.45) is 10.6 Å². The number of benzene rings is 3. The topological polar surface area (TPSA) is 105 Å². The van der Waals surface area contributed by atoms with E-state index in [9.17, 15) is 13.2 Å². The first kappa shape index (κ1) is 28.6. The number of primary sulfonamides is 1. The number of carbonyl (C=O) groups is 1. The highest BCUT2D eigenvalue weighted by atomic mass is 32.2. The van der Waals surface area contributed by atoms with Gasteiger partial charge < -0.3 is 14.2 Å². The number of fused-ring (bicyclic) bond motifs is 3. The summed E-state index contributed by atoms with van der Waals surface area (Å²) in [6, 6.07) is 19.6. The van der Waals surface area contributed by atoms with Gasteiger partial charge in [0.25, 0.3) is 0 Å². The Morgan fingerprint density at radius 1 is 1.03 bits per heavy atom. The molecule has 39 heavy (non-hydrogen) atoms. The maximum absolute atomic E-state index is 12.1. The fraction of sp³-hybridized carbons (Fsp3) is 0.387. The molecule has 0 bridgehead atoms. The van der Waals surface area contributed by atoms with Crippen LogP contribution in [0.5, 0.6) is 11.5 Å². The second-order valence-corrected chi connectivity index (χ2v) is 12.2. The second-order valence-electron chi connectivity index (χ2n) is 10.6. The van der Waals surface area contributed by atoms with E-state index in [1.807, 2.05) is 51.1 Å². The van der Waals surface area contributed by atoms with E-state index in [2.05, 4.69) is 24.3 Å². The molecule has 0 saturated carbocycles. The van der Waals surface area contributed by atoms with Crippen molar-refractivity contribution in [3.8, 4) is 22.6 Å². The van der Waals surface area contributed by atoms with Gasteiger partial charge in [0, 0.05) is 5.56 Å². The molecule has 1 heterocycles. The molecule has 1 aliphatic heterocycles. The molecule has 3 aromatic carbocycles. The van der Waals surface area contributed by atoms with Crippen LogP contribution in [0.4, 0.5) is 0 Å². The largest absolute Gasteiger partial charge is 0.496 e. The first-order chi connectivity index (χ1) is 18.5. The van der Waals surface area contributed by atoms with Crippen LogP contribution in [0.3, 0.4) is 0 Å². The Morgan fingerprint density at radius 2 is 1.74 bits per heavy atom. The monoisotopic (exact) mass is 551 g/mol. The van der Waals surface area contributed by atoms with E-state index in [0.717, 1.165) is 47.9 Å². The lowest BCUT2D eigenvalue weighted by atomic mass is 9.86. The fourth-order valence-electron chi connectivity index (χ4n) is 5.05. The van der Waals surface area contributed by atoms with Crippen molar-refractivity contribution in [3.05, 3.63) is 82.9 Å². The zero-order valence-corrected chi connectivity index (χ0v) is 23.8. The van der Waals surface area contributed by atoms with Crippen molar-refractivity contribution < 1.29 is 27.4 Å². The molecule has 4 rings (SSSR count). The SMILES string of the molecule is CCOC(=O)C(C)(C)CCCCc1ccc(C2Oc3cccc(OC)c3-c3ccc(CS(N)(=O)=O)cc32)cc1. The molecule has 1 atom stereocenters.